The molecule has 1 aromatic rings. The van der Waals surface area contributed by atoms with Gasteiger partial charge in [-0.3, -0.25) is 0 Å². The predicted octanol–water partition coefficient (Wildman–Crippen LogP) is 1.61. The largest absolute Gasteiger partial charge is 0.501 e. The topological polar surface area (TPSA) is 55.4 Å². The minimum Gasteiger partial charge on any atom is -0.371 e. The molecular formula is C11H11F4NO3S. The Morgan fingerprint density at radius 1 is 1.30 bits per heavy atom. The summed E-state index contributed by atoms with van der Waals surface area (Å²) in [6.07, 6.45) is -0.0621. The van der Waals surface area contributed by atoms with Gasteiger partial charge < -0.3 is 10.1 Å². The fourth-order valence-electron chi connectivity index (χ4n) is 1.53. The van der Waals surface area contributed by atoms with Gasteiger partial charge in [0.25, 0.3) is 9.84 Å². The number of ether oxygens (including phenoxy) is 1. The molecule has 1 N–H and O–H groups in total. The Labute approximate surface area is 112 Å². The third-order valence-electron chi connectivity index (χ3n) is 2.86. The summed E-state index contributed by atoms with van der Waals surface area (Å²) in [7, 11) is -5.53. The Hall–Kier alpha value is -1.19. The predicted molar refractivity (Wildman–Crippen MR) is 61.1 cm³/mol. The van der Waals surface area contributed by atoms with E-state index in [0.717, 1.165) is 12.1 Å². The molecule has 4 nitrogen and oxygen atoms in total. The lowest BCUT2D eigenvalue weighted by Crippen LogP contribution is -2.48. The first kappa shape index (κ1) is 15.2. The van der Waals surface area contributed by atoms with E-state index in [1.165, 1.54) is 0 Å². The Morgan fingerprint density at radius 3 is 2.40 bits per heavy atom. The summed E-state index contributed by atoms with van der Waals surface area (Å²) in [6.45, 7) is 1.13. The van der Waals surface area contributed by atoms with Crippen LogP contribution in [0.3, 0.4) is 0 Å². The lowest BCUT2D eigenvalue weighted by Gasteiger charge is -2.27. The van der Waals surface area contributed by atoms with Gasteiger partial charge in [0.1, 0.15) is 5.82 Å². The quantitative estimate of drug-likeness (QED) is 0.858. The van der Waals surface area contributed by atoms with E-state index in [0.29, 0.717) is 19.2 Å². The molecule has 112 valence electrons. The van der Waals surface area contributed by atoms with Crippen LogP contribution < -0.4 is 5.32 Å². The van der Waals surface area contributed by atoms with Crippen molar-refractivity contribution in [2.45, 2.75) is 23.1 Å². The highest BCUT2D eigenvalue weighted by molar-refractivity contribution is 7.92. The van der Waals surface area contributed by atoms with Crippen molar-refractivity contribution < 1.29 is 30.7 Å². The fraction of sp³-hybridized carbons (Fsp3) is 0.455. The number of rotatable bonds is 4. The maximum atomic E-state index is 13.6. The lowest BCUT2D eigenvalue weighted by molar-refractivity contribution is -0.0436. The summed E-state index contributed by atoms with van der Waals surface area (Å²) in [5.74, 6) is -1.04. The molecule has 2 rings (SSSR count). The molecule has 0 spiro atoms. The van der Waals surface area contributed by atoms with Crippen molar-refractivity contribution in [1.82, 2.24) is 5.32 Å². The molecule has 1 saturated heterocycles. The van der Waals surface area contributed by atoms with Crippen molar-refractivity contribution in [3.05, 3.63) is 29.6 Å². The Kier molecular flexibility index (Phi) is 4.03. The molecular weight excluding hydrogens is 302 g/mol. The first-order valence-corrected chi connectivity index (χ1v) is 7.12. The van der Waals surface area contributed by atoms with E-state index in [2.05, 4.69) is 5.32 Å². The molecule has 0 atom stereocenters. The average Bonchev–Trinajstić information content (AvgIpc) is 2.27. The maximum absolute atomic E-state index is 13.6. The zero-order chi connectivity index (χ0) is 15.0. The maximum Gasteiger partial charge on any atom is 0.501 e. The molecule has 1 aliphatic heterocycles. The highest BCUT2D eigenvalue weighted by Crippen LogP contribution is 2.31. The summed E-state index contributed by atoms with van der Waals surface area (Å²) in [5.41, 5.74) is -5.44. The van der Waals surface area contributed by atoms with Crippen LogP contribution in [0.2, 0.25) is 0 Å². The van der Waals surface area contributed by atoms with Crippen LogP contribution in [0.5, 0.6) is 0 Å². The lowest BCUT2D eigenvalue weighted by atomic mass is 10.2. The Balaban J connectivity index is 2.17. The van der Waals surface area contributed by atoms with Gasteiger partial charge in [0, 0.05) is 18.7 Å². The van der Waals surface area contributed by atoms with Gasteiger partial charge in [-0.05, 0) is 12.1 Å². The second-order valence-corrected chi connectivity index (χ2v) is 6.23. The van der Waals surface area contributed by atoms with Crippen LogP contribution in [0.15, 0.2) is 23.1 Å². The van der Waals surface area contributed by atoms with Crippen LogP contribution in [0.25, 0.3) is 0 Å². The Bertz CT molecular complexity index is 596. The molecule has 0 saturated carbocycles. The first-order valence-electron chi connectivity index (χ1n) is 5.64. The number of nitrogens with one attached hydrogen (secondary N) is 1. The summed E-state index contributed by atoms with van der Waals surface area (Å²) in [4.78, 5) is -1.11. The highest BCUT2D eigenvalue weighted by atomic mass is 32.2. The van der Waals surface area contributed by atoms with Gasteiger partial charge >= 0.3 is 5.51 Å². The molecule has 0 unspecified atom stereocenters. The summed E-state index contributed by atoms with van der Waals surface area (Å²) in [5, 5.41) is 2.93. The summed E-state index contributed by atoms with van der Waals surface area (Å²) in [6, 6.07) is 2.07. The zero-order valence-corrected chi connectivity index (χ0v) is 10.9. The second-order valence-electron chi connectivity index (χ2n) is 4.29. The highest BCUT2D eigenvalue weighted by Gasteiger charge is 2.47. The third kappa shape index (κ3) is 2.94. The van der Waals surface area contributed by atoms with Crippen LogP contribution in [0, 0.1) is 5.82 Å². The first-order chi connectivity index (χ1) is 9.22. The molecule has 9 heteroatoms. The molecule has 1 aliphatic rings. The van der Waals surface area contributed by atoms with Crippen molar-refractivity contribution in [3.8, 4) is 0 Å². The molecule has 1 aromatic carbocycles. The molecule has 0 aromatic heterocycles. The monoisotopic (exact) mass is 313 g/mol. The van der Waals surface area contributed by atoms with E-state index in [1.54, 1.807) is 0 Å². The van der Waals surface area contributed by atoms with Gasteiger partial charge in [0.05, 0.1) is 17.6 Å². The third-order valence-corrected chi connectivity index (χ3v) is 4.34. The van der Waals surface area contributed by atoms with Crippen molar-refractivity contribution in [1.29, 1.82) is 0 Å². The van der Waals surface area contributed by atoms with Gasteiger partial charge in [-0.1, -0.05) is 6.07 Å². The van der Waals surface area contributed by atoms with E-state index in [9.17, 15) is 26.0 Å². The van der Waals surface area contributed by atoms with Gasteiger partial charge in [0.15, 0.2) is 0 Å². The number of hydrogen-bond donors (Lipinski definition) is 1. The van der Waals surface area contributed by atoms with Gasteiger partial charge in [-0.2, -0.15) is 13.2 Å². The minimum atomic E-state index is -5.53. The second kappa shape index (κ2) is 5.30. The van der Waals surface area contributed by atoms with E-state index in [4.69, 9.17) is 4.74 Å². The number of alkyl halides is 3. The van der Waals surface area contributed by atoms with Crippen molar-refractivity contribution in [2.24, 2.45) is 0 Å². The van der Waals surface area contributed by atoms with Crippen LogP contribution in [-0.2, 0) is 21.2 Å². The zero-order valence-electron chi connectivity index (χ0n) is 10.1. The molecule has 0 radical (unpaired) electrons. The normalized spacial score (nSPS) is 17.0. The van der Waals surface area contributed by atoms with Gasteiger partial charge in [-0.15, -0.1) is 0 Å². The van der Waals surface area contributed by atoms with Gasteiger partial charge in [-0.25, -0.2) is 12.8 Å². The number of hydrogen-bond acceptors (Lipinski definition) is 4. The van der Waals surface area contributed by atoms with E-state index < -0.39 is 26.1 Å². The number of halogens is 4. The standard InChI is InChI=1S/C11H11F4NO3S/c12-10-3-9(20(17,18)11(13,14)15)2-1-7(10)6-19-8-4-16-5-8/h1-3,8,16H,4-6H2. The van der Waals surface area contributed by atoms with Crippen LogP contribution in [-0.4, -0.2) is 33.1 Å². The molecule has 1 fully saturated rings. The van der Waals surface area contributed by atoms with Gasteiger partial charge in [0.2, 0.25) is 0 Å². The minimum absolute atomic E-state index is 0.0121. The summed E-state index contributed by atoms with van der Waals surface area (Å²) >= 11 is 0. The van der Waals surface area contributed by atoms with Crippen LogP contribution in [0.1, 0.15) is 5.56 Å². The fourth-order valence-corrected chi connectivity index (χ4v) is 2.31. The number of sulfone groups is 1. The van der Waals surface area contributed by atoms with E-state index in [-0.39, 0.29) is 18.3 Å². The van der Waals surface area contributed by atoms with E-state index >= 15 is 0 Å². The molecule has 0 amide bonds. The van der Waals surface area contributed by atoms with Crippen molar-refractivity contribution in [3.63, 3.8) is 0 Å². The Morgan fingerprint density at radius 2 is 1.95 bits per heavy atom. The summed E-state index contributed by atoms with van der Waals surface area (Å²) < 4.78 is 78.0. The van der Waals surface area contributed by atoms with Crippen LogP contribution >= 0.6 is 0 Å². The van der Waals surface area contributed by atoms with Crippen molar-refractivity contribution in [2.75, 3.05) is 13.1 Å². The van der Waals surface area contributed by atoms with Crippen LogP contribution in [0.4, 0.5) is 17.6 Å². The molecule has 1 heterocycles. The molecule has 20 heavy (non-hydrogen) atoms. The van der Waals surface area contributed by atoms with E-state index in [1.807, 2.05) is 0 Å². The smallest absolute Gasteiger partial charge is 0.371 e. The SMILES string of the molecule is O=S(=O)(c1ccc(COC2CNC2)c(F)c1)C(F)(F)F. The average molecular weight is 313 g/mol. The molecule has 0 bridgehead atoms. The van der Waals surface area contributed by atoms with Crippen molar-refractivity contribution >= 4 is 9.84 Å². The molecule has 0 aliphatic carbocycles. The number of benzene rings is 1.